The molecule has 31 heavy (non-hydrogen) atoms. The molecule has 3 aromatic rings. The van der Waals surface area contributed by atoms with Gasteiger partial charge in [0.1, 0.15) is 17.6 Å². The zero-order valence-electron chi connectivity index (χ0n) is 17.2. The molecule has 1 aliphatic heterocycles. The van der Waals surface area contributed by atoms with E-state index < -0.39 is 17.7 Å². The Morgan fingerprint density at radius 2 is 1.87 bits per heavy atom. The summed E-state index contributed by atoms with van der Waals surface area (Å²) in [5, 5.41) is 13.6. The quantitative estimate of drug-likeness (QED) is 0.315. The molecule has 1 aromatic heterocycles. The molecule has 1 fully saturated rings. The Morgan fingerprint density at radius 3 is 2.52 bits per heavy atom. The van der Waals surface area contributed by atoms with Crippen molar-refractivity contribution < 1.29 is 19.4 Å². The van der Waals surface area contributed by atoms with E-state index in [1.54, 1.807) is 43.5 Å². The number of ketones is 1. The molecule has 1 amide bonds. The number of anilines is 1. The lowest BCUT2D eigenvalue weighted by atomic mass is 9.97. The van der Waals surface area contributed by atoms with E-state index in [9.17, 15) is 14.7 Å². The summed E-state index contributed by atoms with van der Waals surface area (Å²) < 4.78 is 5.23. The van der Waals surface area contributed by atoms with Crippen LogP contribution >= 0.6 is 22.9 Å². The van der Waals surface area contributed by atoms with E-state index in [1.165, 1.54) is 16.2 Å². The van der Waals surface area contributed by atoms with Gasteiger partial charge in [-0.25, -0.2) is 0 Å². The summed E-state index contributed by atoms with van der Waals surface area (Å²) in [6, 6.07) is 13.3. The Morgan fingerprint density at radius 1 is 1.10 bits per heavy atom. The van der Waals surface area contributed by atoms with Gasteiger partial charge in [0.05, 0.1) is 12.7 Å². The van der Waals surface area contributed by atoms with Gasteiger partial charge in [-0.3, -0.25) is 14.5 Å². The van der Waals surface area contributed by atoms with Gasteiger partial charge in [0.2, 0.25) is 0 Å². The van der Waals surface area contributed by atoms with Crippen LogP contribution in [-0.2, 0) is 9.59 Å². The summed E-state index contributed by atoms with van der Waals surface area (Å²) in [7, 11) is 1.56. The summed E-state index contributed by atoms with van der Waals surface area (Å²) in [6.45, 7) is 3.67. The highest BCUT2D eigenvalue weighted by Gasteiger charge is 2.47. The molecule has 0 bridgehead atoms. The maximum Gasteiger partial charge on any atom is 0.300 e. The Labute approximate surface area is 189 Å². The number of halogens is 1. The topological polar surface area (TPSA) is 66.8 Å². The van der Waals surface area contributed by atoms with Gasteiger partial charge in [-0.2, -0.15) is 0 Å². The predicted molar refractivity (Wildman–Crippen MR) is 123 cm³/mol. The second kappa shape index (κ2) is 8.21. The molecule has 158 valence electrons. The molecular formula is C24H20ClNO4S. The number of thiophene rings is 1. The van der Waals surface area contributed by atoms with Crippen molar-refractivity contribution in [3.05, 3.63) is 86.1 Å². The molecule has 0 saturated carbocycles. The van der Waals surface area contributed by atoms with E-state index in [-0.39, 0.29) is 11.3 Å². The summed E-state index contributed by atoms with van der Waals surface area (Å²) in [5.41, 5.74) is 2.60. The van der Waals surface area contributed by atoms with Crippen molar-refractivity contribution in [3.8, 4) is 5.75 Å². The summed E-state index contributed by atoms with van der Waals surface area (Å²) in [4.78, 5) is 28.6. The first kappa shape index (κ1) is 21.2. The summed E-state index contributed by atoms with van der Waals surface area (Å²) in [6.07, 6.45) is 0. The number of rotatable bonds is 4. The number of methoxy groups -OCH3 is 1. The minimum absolute atomic E-state index is 0.0556. The van der Waals surface area contributed by atoms with E-state index in [1.807, 2.05) is 31.4 Å². The number of hydrogen-bond acceptors (Lipinski definition) is 5. The van der Waals surface area contributed by atoms with Crippen LogP contribution < -0.4 is 9.64 Å². The fourth-order valence-corrected chi connectivity index (χ4v) is 4.80. The van der Waals surface area contributed by atoms with Crippen LogP contribution in [0.25, 0.3) is 5.76 Å². The van der Waals surface area contributed by atoms with Gasteiger partial charge in [0, 0.05) is 21.2 Å². The number of aryl methyl sites for hydroxylation is 2. The number of carbonyl (C=O) groups excluding carboxylic acids is 2. The normalized spacial score (nSPS) is 17.9. The lowest BCUT2D eigenvalue weighted by molar-refractivity contribution is -0.132. The van der Waals surface area contributed by atoms with Crippen molar-refractivity contribution >= 4 is 46.1 Å². The van der Waals surface area contributed by atoms with Crippen molar-refractivity contribution in [3.63, 3.8) is 0 Å². The van der Waals surface area contributed by atoms with Crippen LogP contribution in [-0.4, -0.2) is 23.9 Å². The second-order valence-electron chi connectivity index (χ2n) is 7.30. The predicted octanol–water partition coefficient (Wildman–Crippen LogP) is 5.65. The molecule has 4 rings (SSSR count). The van der Waals surface area contributed by atoms with Crippen LogP contribution in [0.3, 0.4) is 0 Å². The van der Waals surface area contributed by atoms with Crippen molar-refractivity contribution in [2.45, 2.75) is 19.9 Å². The molecule has 0 radical (unpaired) electrons. The number of ether oxygens (including phenoxy) is 1. The van der Waals surface area contributed by atoms with E-state index in [4.69, 9.17) is 16.3 Å². The average molecular weight is 454 g/mol. The molecular weight excluding hydrogens is 434 g/mol. The lowest BCUT2D eigenvalue weighted by Gasteiger charge is -2.26. The molecule has 2 heterocycles. The number of hydrogen-bond donors (Lipinski definition) is 1. The van der Waals surface area contributed by atoms with Crippen LogP contribution in [0.5, 0.6) is 5.75 Å². The van der Waals surface area contributed by atoms with Crippen molar-refractivity contribution in [1.29, 1.82) is 0 Å². The third-order valence-corrected chi connectivity index (χ3v) is 6.54. The standard InChI is InChI=1S/C24H20ClNO4S/c1-13-6-7-15(25)12-18(13)26-21(19-5-4-10-31-19)20(23(28)24(26)29)22(27)17-9-8-16(30-3)11-14(17)2/h4-12,21,27H,1-3H3/b22-20-. The Hall–Kier alpha value is -3.09. The van der Waals surface area contributed by atoms with E-state index in [0.717, 1.165) is 16.0 Å². The fraction of sp³-hybridized carbons (Fsp3) is 0.167. The van der Waals surface area contributed by atoms with Gasteiger partial charge < -0.3 is 9.84 Å². The first-order valence-corrected chi connectivity index (χ1v) is 10.8. The lowest BCUT2D eigenvalue weighted by Crippen LogP contribution is -2.29. The highest BCUT2D eigenvalue weighted by Crippen LogP contribution is 2.45. The van der Waals surface area contributed by atoms with Crippen LogP contribution in [0.1, 0.15) is 27.6 Å². The van der Waals surface area contributed by atoms with Crippen molar-refractivity contribution in [2.75, 3.05) is 12.0 Å². The zero-order chi connectivity index (χ0) is 22.3. The number of aliphatic hydroxyl groups excluding tert-OH is 1. The number of nitrogens with zero attached hydrogens (tertiary/aromatic N) is 1. The number of aliphatic hydroxyl groups is 1. The molecule has 5 nitrogen and oxygen atoms in total. The zero-order valence-corrected chi connectivity index (χ0v) is 18.8. The number of amides is 1. The highest BCUT2D eigenvalue weighted by molar-refractivity contribution is 7.10. The van der Waals surface area contributed by atoms with Crippen molar-refractivity contribution in [1.82, 2.24) is 0 Å². The van der Waals surface area contributed by atoms with Gasteiger partial charge in [-0.15, -0.1) is 11.3 Å². The SMILES string of the molecule is COc1ccc(/C(O)=C2/C(=O)C(=O)N(c3cc(Cl)ccc3C)C2c2cccs2)c(C)c1. The Kier molecular flexibility index (Phi) is 5.60. The number of benzene rings is 2. The molecule has 1 saturated heterocycles. The van der Waals surface area contributed by atoms with E-state index >= 15 is 0 Å². The third kappa shape index (κ3) is 3.62. The molecule has 2 aromatic carbocycles. The van der Waals surface area contributed by atoms with Crippen LogP contribution in [0, 0.1) is 13.8 Å². The molecule has 0 spiro atoms. The maximum atomic E-state index is 13.2. The van der Waals surface area contributed by atoms with Gasteiger partial charge in [0.15, 0.2) is 0 Å². The minimum Gasteiger partial charge on any atom is -0.507 e. The molecule has 1 N–H and O–H groups in total. The largest absolute Gasteiger partial charge is 0.507 e. The molecule has 1 unspecified atom stereocenters. The Balaban J connectivity index is 1.95. The first-order chi connectivity index (χ1) is 14.8. The van der Waals surface area contributed by atoms with Crippen LogP contribution in [0.2, 0.25) is 5.02 Å². The Bertz CT molecular complexity index is 1220. The van der Waals surface area contributed by atoms with Crippen LogP contribution in [0.4, 0.5) is 5.69 Å². The monoisotopic (exact) mass is 453 g/mol. The third-order valence-electron chi connectivity index (χ3n) is 5.38. The summed E-state index contributed by atoms with van der Waals surface area (Å²) >= 11 is 7.62. The summed E-state index contributed by atoms with van der Waals surface area (Å²) in [5.74, 6) is -1.00. The van der Waals surface area contributed by atoms with Crippen LogP contribution in [0.15, 0.2) is 59.5 Å². The average Bonchev–Trinajstić information content (AvgIpc) is 3.36. The van der Waals surface area contributed by atoms with Crippen molar-refractivity contribution in [2.24, 2.45) is 0 Å². The first-order valence-electron chi connectivity index (χ1n) is 9.59. The molecule has 1 atom stereocenters. The van der Waals surface area contributed by atoms with E-state index in [0.29, 0.717) is 22.0 Å². The smallest absolute Gasteiger partial charge is 0.300 e. The molecule has 1 aliphatic rings. The van der Waals surface area contributed by atoms with Gasteiger partial charge in [-0.05, 0) is 66.8 Å². The fourth-order valence-electron chi connectivity index (χ4n) is 3.81. The molecule has 7 heteroatoms. The number of Topliss-reactive ketones (excluding diaryl/α,β-unsaturated/α-hetero) is 1. The minimum atomic E-state index is -0.751. The molecule has 0 aliphatic carbocycles. The van der Waals surface area contributed by atoms with Gasteiger partial charge in [-0.1, -0.05) is 23.7 Å². The number of carbonyl (C=O) groups is 2. The highest BCUT2D eigenvalue weighted by atomic mass is 35.5. The van der Waals surface area contributed by atoms with Gasteiger partial charge in [0.25, 0.3) is 11.7 Å². The second-order valence-corrected chi connectivity index (χ2v) is 8.71. The van der Waals surface area contributed by atoms with E-state index in [2.05, 4.69) is 0 Å². The van der Waals surface area contributed by atoms with Gasteiger partial charge >= 0.3 is 0 Å². The maximum absolute atomic E-state index is 13.2.